The van der Waals surface area contributed by atoms with Crippen LogP contribution in [0.5, 0.6) is 5.75 Å². The van der Waals surface area contributed by atoms with Crippen LogP contribution in [-0.4, -0.2) is 41.4 Å². The number of ether oxygens (including phenoxy) is 1. The number of amides is 2. The number of nitrogens with zero attached hydrogens (tertiary/aromatic N) is 1. The van der Waals surface area contributed by atoms with E-state index in [0.717, 1.165) is 0 Å². The number of thioether (sulfide) groups is 1. The first-order chi connectivity index (χ1) is 14.0. The third-order valence-corrected chi connectivity index (χ3v) is 4.64. The minimum atomic E-state index is -0.802. The molecular weight excluding hydrogens is 394 g/mol. The predicted octanol–water partition coefficient (Wildman–Crippen LogP) is 3.48. The van der Waals surface area contributed by atoms with E-state index in [1.807, 2.05) is 13.2 Å². The molecule has 2 N–H and O–H groups in total. The van der Waals surface area contributed by atoms with Gasteiger partial charge in [-0.15, -0.1) is 0 Å². The Morgan fingerprint density at radius 3 is 2.66 bits per heavy atom. The van der Waals surface area contributed by atoms with Gasteiger partial charge in [0.1, 0.15) is 11.8 Å². The average Bonchev–Trinajstić information content (AvgIpc) is 2.72. The SMILES string of the molecule is CCOc1ccccc1NC(=O)[C@@H](CCSC)NC(=O)c1cccc([N+](=O)[O-])c1. The molecule has 0 aliphatic rings. The lowest BCUT2D eigenvalue weighted by atomic mass is 10.1. The Hall–Kier alpha value is -3.07. The van der Waals surface area contributed by atoms with Crippen molar-refractivity contribution in [2.24, 2.45) is 0 Å². The van der Waals surface area contributed by atoms with E-state index < -0.39 is 16.9 Å². The van der Waals surface area contributed by atoms with Gasteiger partial charge in [-0.1, -0.05) is 18.2 Å². The van der Waals surface area contributed by atoms with Crippen molar-refractivity contribution in [3.05, 3.63) is 64.2 Å². The van der Waals surface area contributed by atoms with Crippen LogP contribution in [0.4, 0.5) is 11.4 Å². The molecule has 0 radical (unpaired) electrons. The van der Waals surface area contributed by atoms with Crippen molar-refractivity contribution in [3.8, 4) is 5.75 Å². The lowest BCUT2D eigenvalue weighted by Gasteiger charge is -2.19. The third-order valence-electron chi connectivity index (χ3n) is 4.00. The number of para-hydroxylation sites is 2. The van der Waals surface area contributed by atoms with E-state index >= 15 is 0 Å². The van der Waals surface area contributed by atoms with Gasteiger partial charge in [-0.2, -0.15) is 11.8 Å². The summed E-state index contributed by atoms with van der Waals surface area (Å²) in [6, 6.07) is 11.6. The average molecular weight is 417 g/mol. The van der Waals surface area contributed by atoms with E-state index in [0.29, 0.717) is 30.2 Å². The number of carbonyl (C=O) groups is 2. The minimum absolute atomic E-state index is 0.121. The van der Waals surface area contributed by atoms with E-state index in [4.69, 9.17) is 4.74 Å². The van der Waals surface area contributed by atoms with Gasteiger partial charge in [0, 0.05) is 17.7 Å². The molecule has 9 heteroatoms. The van der Waals surface area contributed by atoms with Crippen LogP contribution >= 0.6 is 11.8 Å². The van der Waals surface area contributed by atoms with Gasteiger partial charge in [0.25, 0.3) is 11.6 Å². The van der Waals surface area contributed by atoms with Crippen LogP contribution in [-0.2, 0) is 4.79 Å². The molecule has 8 nitrogen and oxygen atoms in total. The van der Waals surface area contributed by atoms with Crippen LogP contribution in [0.1, 0.15) is 23.7 Å². The van der Waals surface area contributed by atoms with Crippen molar-refractivity contribution in [1.82, 2.24) is 5.32 Å². The molecule has 2 rings (SSSR count). The molecule has 154 valence electrons. The normalized spacial score (nSPS) is 11.4. The smallest absolute Gasteiger partial charge is 0.270 e. The fourth-order valence-corrected chi connectivity index (χ4v) is 3.05. The summed E-state index contributed by atoms with van der Waals surface area (Å²) in [7, 11) is 0. The first-order valence-corrected chi connectivity index (χ1v) is 10.4. The van der Waals surface area contributed by atoms with Crippen molar-refractivity contribution < 1.29 is 19.2 Å². The number of carbonyl (C=O) groups excluding carboxylic acids is 2. The van der Waals surface area contributed by atoms with Crippen LogP contribution in [0.3, 0.4) is 0 Å². The van der Waals surface area contributed by atoms with Gasteiger partial charge in [-0.25, -0.2) is 0 Å². The molecule has 0 aliphatic carbocycles. The van der Waals surface area contributed by atoms with Gasteiger partial charge in [0.05, 0.1) is 17.2 Å². The lowest BCUT2D eigenvalue weighted by Crippen LogP contribution is -2.44. The van der Waals surface area contributed by atoms with E-state index in [2.05, 4.69) is 10.6 Å². The fraction of sp³-hybridized carbons (Fsp3) is 0.300. The summed E-state index contributed by atoms with van der Waals surface area (Å²) in [6.45, 7) is 2.30. The van der Waals surface area contributed by atoms with Crippen LogP contribution in [0, 0.1) is 10.1 Å². The molecule has 2 amide bonds. The highest BCUT2D eigenvalue weighted by atomic mass is 32.2. The summed E-state index contributed by atoms with van der Waals surface area (Å²) in [5.41, 5.74) is 0.447. The molecule has 0 aliphatic heterocycles. The minimum Gasteiger partial charge on any atom is -0.492 e. The third kappa shape index (κ3) is 6.49. The summed E-state index contributed by atoms with van der Waals surface area (Å²) in [5, 5.41) is 16.4. The molecule has 0 unspecified atom stereocenters. The Morgan fingerprint density at radius 2 is 1.97 bits per heavy atom. The van der Waals surface area contributed by atoms with Crippen LogP contribution < -0.4 is 15.4 Å². The molecule has 0 spiro atoms. The number of nitrogens with one attached hydrogen (secondary N) is 2. The zero-order chi connectivity index (χ0) is 21.2. The summed E-state index contributed by atoms with van der Waals surface area (Å²) < 4.78 is 5.51. The number of nitro groups is 1. The highest BCUT2D eigenvalue weighted by Gasteiger charge is 2.23. The standard InChI is InChI=1S/C20H23N3O5S/c1-3-28-18-10-5-4-9-16(18)21-20(25)17(11-12-29-2)22-19(24)14-7-6-8-15(13-14)23(26)27/h4-10,13,17H,3,11-12H2,1-2H3,(H,21,25)(H,22,24)/t17-/m1/s1. The second-order valence-electron chi connectivity index (χ2n) is 6.03. The molecule has 0 fully saturated rings. The molecule has 2 aromatic rings. The Morgan fingerprint density at radius 1 is 1.21 bits per heavy atom. The van der Waals surface area contributed by atoms with Gasteiger partial charge < -0.3 is 15.4 Å². The van der Waals surface area contributed by atoms with Crippen LogP contribution in [0.2, 0.25) is 0 Å². The number of rotatable bonds is 10. The Kier molecular flexibility index (Phi) is 8.47. The largest absolute Gasteiger partial charge is 0.492 e. The second kappa shape index (κ2) is 11.1. The maximum atomic E-state index is 12.8. The Labute approximate surface area is 173 Å². The summed E-state index contributed by atoms with van der Waals surface area (Å²) in [4.78, 5) is 35.8. The molecule has 0 bridgehead atoms. The maximum Gasteiger partial charge on any atom is 0.270 e. The summed E-state index contributed by atoms with van der Waals surface area (Å²) in [5.74, 6) is 0.260. The molecule has 0 saturated heterocycles. The van der Waals surface area contributed by atoms with Crippen molar-refractivity contribution in [2.75, 3.05) is 23.9 Å². The Bertz CT molecular complexity index is 875. The first kappa shape index (κ1) is 22.2. The molecule has 0 heterocycles. The molecule has 2 aromatic carbocycles. The topological polar surface area (TPSA) is 111 Å². The van der Waals surface area contributed by atoms with Gasteiger partial charge in [-0.05, 0) is 43.6 Å². The van der Waals surface area contributed by atoms with Crippen molar-refractivity contribution in [3.63, 3.8) is 0 Å². The lowest BCUT2D eigenvalue weighted by molar-refractivity contribution is -0.384. The summed E-state index contributed by atoms with van der Waals surface area (Å²) >= 11 is 1.55. The number of benzene rings is 2. The number of nitro benzene ring substituents is 1. The van der Waals surface area contributed by atoms with Crippen LogP contribution in [0.25, 0.3) is 0 Å². The van der Waals surface area contributed by atoms with Gasteiger partial charge in [0.15, 0.2) is 0 Å². The fourth-order valence-electron chi connectivity index (χ4n) is 2.58. The number of hydrogen-bond acceptors (Lipinski definition) is 6. The Balaban J connectivity index is 2.16. The quantitative estimate of drug-likeness (QED) is 0.452. The molecule has 1 atom stereocenters. The molecule has 29 heavy (non-hydrogen) atoms. The maximum absolute atomic E-state index is 12.8. The molecule has 0 saturated carbocycles. The van der Waals surface area contributed by atoms with E-state index in [1.165, 1.54) is 24.3 Å². The van der Waals surface area contributed by atoms with E-state index in [1.54, 1.807) is 36.0 Å². The number of non-ortho nitro benzene ring substituents is 1. The van der Waals surface area contributed by atoms with Crippen molar-refractivity contribution >= 4 is 35.0 Å². The van der Waals surface area contributed by atoms with Crippen LogP contribution in [0.15, 0.2) is 48.5 Å². The highest BCUT2D eigenvalue weighted by molar-refractivity contribution is 7.98. The molecular formula is C20H23N3O5S. The monoisotopic (exact) mass is 417 g/mol. The summed E-state index contributed by atoms with van der Waals surface area (Å²) in [6.07, 6.45) is 2.31. The zero-order valence-electron chi connectivity index (χ0n) is 16.2. The van der Waals surface area contributed by atoms with Gasteiger partial charge in [0.2, 0.25) is 5.91 Å². The number of anilines is 1. The first-order valence-electron chi connectivity index (χ1n) is 9.03. The highest BCUT2D eigenvalue weighted by Crippen LogP contribution is 2.24. The van der Waals surface area contributed by atoms with Crippen molar-refractivity contribution in [2.45, 2.75) is 19.4 Å². The number of hydrogen-bond donors (Lipinski definition) is 2. The predicted molar refractivity (Wildman–Crippen MR) is 114 cm³/mol. The van der Waals surface area contributed by atoms with E-state index in [9.17, 15) is 19.7 Å². The zero-order valence-corrected chi connectivity index (χ0v) is 17.0. The second-order valence-corrected chi connectivity index (χ2v) is 7.02. The molecule has 0 aromatic heterocycles. The van der Waals surface area contributed by atoms with Gasteiger partial charge >= 0.3 is 0 Å². The van der Waals surface area contributed by atoms with E-state index in [-0.39, 0.29) is 17.2 Å². The van der Waals surface area contributed by atoms with Gasteiger partial charge in [-0.3, -0.25) is 19.7 Å². The van der Waals surface area contributed by atoms with Crippen molar-refractivity contribution in [1.29, 1.82) is 0 Å².